The number of aromatic nitrogens is 2. The van der Waals surface area contributed by atoms with E-state index in [2.05, 4.69) is 26.3 Å². The van der Waals surface area contributed by atoms with Gasteiger partial charge in [0.15, 0.2) is 0 Å². The van der Waals surface area contributed by atoms with Crippen LogP contribution in [0.15, 0.2) is 64.0 Å². The molecule has 23 heavy (non-hydrogen) atoms. The number of anilines is 1. The molecule has 1 heterocycles. The van der Waals surface area contributed by atoms with E-state index in [1.807, 2.05) is 42.5 Å². The molecule has 1 aromatic heterocycles. The molecule has 0 radical (unpaired) electrons. The maximum atomic E-state index is 12.0. The van der Waals surface area contributed by atoms with Gasteiger partial charge in [-0.15, -0.1) is 0 Å². The summed E-state index contributed by atoms with van der Waals surface area (Å²) < 4.78 is 2.64. The van der Waals surface area contributed by atoms with E-state index in [1.165, 1.54) is 6.20 Å². The fourth-order valence-corrected chi connectivity index (χ4v) is 2.57. The summed E-state index contributed by atoms with van der Waals surface area (Å²) in [6, 6.07) is 14.6. The smallest absolute Gasteiger partial charge is 0.226 e. The van der Waals surface area contributed by atoms with Crippen LogP contribution >= 0.6 is 15.9 Å². The molecule has 0 spiro atoms. The van der Waals surface area contributed by atoms with E-state index in [-0.39, 0.29) is 17.8 Å². The van der Waals surface area contributed by atoms with Crippen molar-refractivity contribution in [2.24, 2.45) is 0 Å². The molecule has 116 valence electrons. The molecule has 5 nitrogen and oxygen atoms in total. The highest BCUT2D eigenvalue weighted by atomic mass is 79.9. The lowest BCUT2D eigenvalue weighted by Gasteiger charge is -2.09. The Balaban J connectivity index is 1.71. The second kappa shape index (κ2) is 6.75. The van der Waals surface area contributed by atoms with Crippen LogP contribution in [0.3, 0.4) is 0 Å². The second-order valence-corrected chi connectivity index (χ2v) is 5.97. The number of rotatable bonds is 4. The standard InChI is InChI=1S/C17H14BrN3O2/c18-12-5-7-13(8-6-12)20-17(23)9-10-21-15-4-2-1-3-14(15)16(22)11-19-21/h1-8,11H,9-10H2,(H,20,23). The minimum atomic E-state index is -0.115. The van der Waals surface area contributed by atoms with Crippen molar-refractivity contribution in [3.8, 4) is 0 Å². The van der Waals surface area contributed by atoms with Gasteiger partial charge in [0, 0.05) is 22.0 Å². The molecule has 0 atom stereocenters. The van der Waals surface area contributed by atoms with Crippen LogP contribution in [0.4, 0.5) is 5.69 Å². The van der Waals surface area contributed by atoms with Crippen LogP contribution in [0.5, 0.6) is 0 Å². The van der Waals surface area contributed by atoms with Gasteiger partial charge < -0.3 is 5.32 Å². The summed E-state index contributed by atoms with van der Waals surface area (Å²) >= 11 is 3.35. The van der Waals surface area contributed by atoms with Gasteiger partial charge >= 0.3 is 0 Å². The molecule has 6 heteroatoms. The van der Waals surface area contributed by atoms with E-state index < -0.39 is 0 Å². The van der Waals surface area contributed by atoms with E-state index in [0.717, 1.165) is 15.7 Å². The molecule has 0 fully saturated rings. The third-order valence-corrected chi connectivity index (χ3v) is 3.97. The van der Waals surface area contributed by atoms with Gasteiger partial charge in [0.25, 0.3) is 0 Å². The predicted octanol–water partition coefficient (Wildman–Crippen LogP) is 3.19. The number of hydrogen-bond donors (Lipinski definition) is 1. The Morgan fingerprint density at radius 1 is 1.13 bits per heavy atom. The van der Waals surface area contributed by atoms with Crippen molar-refractivity contribution in [2.45, 2.75) is 13.0 Å². The monoisotopic (exact) mass is 371 g/mol. The molecule has 0 saturated heterocycles. The molecule has 0 aliphatic carbocycles. The number of carbonyl (C=O) groups is 1. The average Bonchev–Trinajstić information content (AvgIpc) is 2.57. The average molecular weight is 372 g/mol. The molecule has 1 N–H and O–H groups in total. The van der Waals surface area contributed by atoms with Gasteiger partial charge in [-0.1, -0.05) is 28.1 Å². The first-order valence-electron chi connectivity index (χ1n) is 7.14. The van der Waals surface area contributed by atoms with E-state index >= 15 is 0 Å². The predicted molar refractivity (Wildman–Crippen MR) is 93.4 cm³/mol. The van der Waals surface area contributed by atoms with Crippen LogP contribution in [0.2, 0.25) is 0 Å². The summed E-state index contributed by atoms with van der Waals surface area (Å²) in [6.45, 7) is 0.406. The fourth-order valence-electron chi connectivity index (χ4n) is 2.30. The van der Waals surface area contributed by atoms with Crippen LogP contribution in [0.25, 0.3) is 10.9 Å². The zero-order chi connectivity index (χ0) is 16.2. The molecule has 2 aromatic carbocycles. The van der Waals surface area contributed by atoms with Gasteiger partial charge in [-0.05, 0) is 36.4 Å². The molecule has 0 aliphatic rings. The Kier molecular flexibility index (Phi) is 4.52. The summed E-state index contributed by atoms with van der Waals surface area (Å²) in [6.07, 6.45) is 1.56. The van der Waals surface area contributed by atoms with Crippen molar-refractivity contribution in [1.82, 2.24) is 9.78 Å². The van der Waals surface area contributed by atoms with E-state index in [4.69, 9.17) is 0 Å². The van der Waals surface area contributed by atoms with Gasteiger partial charge in [0.1, 0.15) is 0 Å². The first kappa shape index (κ1) is 15.4. The van der Waals surface area contributed by atoms with E-state index in [1.54, 1.807) is 10.7 Å². The number of fused-ring (bicyclic) bond motifs is 1. The Hall–Kier alpha value is -2.47. The lowest BCUT2D eigenvalue weighted by molar-refractivity contribution is -0.116. The number of halogens is 1. The van der Waals surface area contributed by atoms with Crippen molar-refractivity contribution in [1.29, 1.82) is 0 Å². The van der Waals surface area contributed by atoms with Gasteiger partial charge in [-0.3, -0.25) is 14.3 Å². The molecule has 0 unspecified atom stereocenters. The number of hydrogen-bond acceptors (Lipinski definition) is 3. The molecular formula is C17H14BrN3O2. The highest BCUT2D eigenvalue weighted by Gasteiger charge is 2.06. The number of nitrogens with one attached hydrogen (secondary N) is 1. The number of benzene rings is 2. The van der Waals surface area contributed by atoms with Gasteiger partial charge in [0.05, 0.1) is 18.3 Å². The number of aryl methyl sites for hydroxylation is 1. The fraction of sp³-hybridized carbons (Fsp3) is 0.118. The molecule has 0 bridgehead atoms. The molecule has 3 aromatic rings. The summed E-state index contributed by atoms with van der Waals surface area (Å²) in [5, 5.41) is 7.56. The van der Waals surface area contributed by atoms with Crippen LogP contribution in [0.1, 0.15) is 6.42 Å². The van der Waals surface area contributed by atoms with Gasteiger partial charge in [0.2, 0.25) is 11.3 Å². The number of para-hydroxylation sites is 1. The van der Waals surface area contributed by atoms with Crippen molar-refractivity contribution < 1.29 is 4.79 Å². The van der Waals surface area contributed by atoms with Gasteiger partial charge in [-0.2, -0.15) is 5.10 Å². The Labute approximate surface area is 141 Å². The normalized spacial score (nSPS) is 10.7. The van der Waals surface area contributed by atoms with Crippen molar-refractivity contribution >= 4 is 38.4 Å². The minimum Gasteiger partial charge on any atom is -0.326 e. The number of nitrogens with zero attached hydrogens (tertiary/aromatic N) is 2. The summed E-state index contributed by atoms with van der Waals surface area (Å²) in [5.74, 6) is -0.100. The van der Waals surface area contributed by atoms with Crippen molar-refractivity contribution in [3.63, 3.8) is 0 Å². The van der Waals surface area contributed by atoms with Crippen LogP contribution in [-0.2, 0) is 11.3 Å². The maximum absolute atomic E-state index is 12.0. The Bertz CT molecular complexity index is 904. The third-order valence-electron chi connectivity index (χ3n) is 3.44. The van der Waals surface area contributed by atoms with Crippen LogP contribution < -0.4 is 10.7 Å². The third kappa shape index (κ3) is 3.65. The first-order valence-corrected chi connectivity index (χ1v) is 7.93. The summed E-state index contributed by atoms with van der Waals surface area (Å²) in [4.78, 5) is 23.8. The van der Waals surface area contributed by atoms with Gasteiger partial charge in [-0.25, -0.2) is 0 Å². The number of amides is 1. The SMILES string of the molecule is O=C(CCn1ncc(=O)c2ccccc21)Nc1ccc(Br)cc1. The van der Waals surface area contributed by atoms with Crippen LogP contribution in [-0.4, -0.2) is 15.7 Å². The zero-order valence-electron chi connectivity index (χ0n) is 12.2. The van der Waals surface area contributed by atoms with Crippen molar-refractivity contribution in [2.75, 3.05) is 5.32 Å². The summed E-state index contributed by atoms with van der Waals surface area (Å²) in [7, 11) is 0. The molecule has 1 amide bonds. The highest BCUT2D eigenvalue weighted by molar-refractivity contribution is 9.10. The Morgan fingerprint density at radius 3 is 2.65 bits per heavy atom. The first-order chi connectivity index (χ1) is 11.1. The molecule has 3 rings (SSSR count). The lowest BCUT2D eigenvalue weighted by atomic mass is 10.2. The maximum Gasteiger partial charge on any atom is 0.226 e. The highest BCUT2D eigenvalue weighted by Crippen LogP contribution is 2.14. The largest absolute Gasteiger partial charge is 0.326 e. The Morgan fingerprint density at radius 2 is 1.87 bits per heavy atom. The second-order valence-electron chi connectivity index (χ2n) is 5.05. The van der Waals surface area contributed by atoms with E-state index in [9.17, 15) is 9.59 Å². The zero-order valence-corrected chi connectivity index (χ0v) is 13.8. The molecule has 0 aliphatic heterocycles. The lowest BCUT2D eigenvalue weighted by Crippen LogP contribution is -2.17. The molecule has 0 saturated carbocycles. The van der Waals surface area contributed by atoms with Crippen LogP contribution in [0, 0.1) is 0 Å². The summed E-state index contributed by atoms with van der Waals surface area (Å²) in [5.41, 5.74) is 1.36. The topological polar surface area (TPSA) is 64.0 Å². The molecular weight excluding hydrogens is 358 g/mol. The number of carbonyl (C=O) groups excluding carboxylic acids is 1. The minimum absolute atomic E-state index is 0.100. The van der Waals surface area contributed by atoms with E-state index in [0.29, 0.717) is 11.9 Å². The van der Waals surface area contributed by atoms with Crippen molar-refractivity contribution in [3.05, 3.63) is 69.4 Å². The quantitative estimate of drug-likeness (QED) is 0.765.